The number of amides is 2. The van der Waals surface area contributed by atoms with Crippen LogP contribution in [0.1, 0.15) is 11.3 Å². The zero-order valence-electron chi connectivity index (χ0n) is 11.4. The molecule has 2 saturated heterocycles. The van der Waals surface area contributed by atoms with Crippen molar-refractivity contribution in [2.24, 2.45) is 12.8 Å². The molecule has 0 aliphatic carbocycles. The fourth-order valence-electron chi connectivity index (χ4n) is 3.12. The summed E-state index contributed by atoms with van der Waals surface area (Å²) in [4.78, 5) is 15.8. The Bertz CT molecular complexity index is 511. The summed E-state index contributed by atoms with van der Waals surface area (Å²) in [5, 5.41) is 7.35. The number of carbonyl (C=O) groups excluding carboxylic acids is 1. The largest absolute Gasteiger partial charge is 0.353 e. The fraction of sp³-hybridized carbons (Fsp3) is 0.667. The van der Waals surface area contributed by atoms with Crippen molar-refractivity contribution in [3.8, 4) is 0 Å². The van der Waals surface area contributed by atoms with E-state index in [1.54, 1.807) is 0 Å². The molecule has 7 heteroatoms. The minimum atomic E-state index is 0.0601. The van der Waals surface area contributed by atoms with Crippen molar-refractivity contribution in [2.75, 3.05) is 31.1 Å². The van der Waals surface area contributed by atoms with Crippen molar-refractivity contribution in [2.45, 2.75) is 19.5 Å². The Kier molecular flexibility index (Phi) is 2.85. The number of fused-ring (bicyclic) bond motifs is 1. The third-order valence-electron chi connectivity index (χ3n) is 4.05. The third-order valence-corrected chi connectivity index (χ3v) is 4.05. The molecule has 1 atom stereocenters. The van der Waals surface area contributed by atoms with Gasteiger partial charge in [-0.2, -0.15) is 5.10 Å². The van der Waals surface area contributed by atoms with Crippen LogP contribution in [0.3, 0.4) is 0 Å². The van der Waals surface area contributed by atoms with Crippen molar-refractivity contribution >= 4 is 11.8 Å². The monoisotopic (exact) mass is 264 g/mol. The molecule has 0 bridgehead atoms. The molecule has 19 heavy (non-hydrogen) atoms. The summed E-state index contributed by atoms with van der Waals surface area (Å²) in [5.74, 6) is 1.10. The van der Waals surface area contributed by atoms with Crippen molar-refractivity contribution in [1.82, 2.24) is 20.0 Å². The van der Waals surface area contributed by atoms with E-state index in [0.717, 1.165) is 43.3 Å². The van der Waals surface area contributed by atoms with Crippen LogP contribution in [-0.4, -0.2) is 52.9 Å². The Hall–Kier alpha value is -1.76. The predicted octanol–water partition coefficient (Wildman–Crippen LogP) is -0.599. The first kappa shape index (κ1) is 12.3. The summed E-state index contributed by atoms with van der Waals surface area (Å²) in [7, 11) is 1.95. The fourth-order valence-corrected chi connectivity index (χ4v) is 3.12. The first-order chi connectivity index (χ1) is 9.11. The quantitative estimate of drug-likeness (QED) is 0.747. The van der Waals surface area contributed by atoms with Crippen LogP contribution in [0.4, 0.5) is 10.6 Å². The van der Waals surface area contributed by atoms with Crippen molar-refractivity contribution in [1.29, 1.82) is 0 Å². The maximum absolute atomic E-state index is 11.6. The summed E-state index contributed by atoms with van der Waals surface area (Å²) >= 11 is 0. The van der Waals surface area contributed by atoms with Crippen molar-refractivity contribution in [3.05, 3.63) is 11.3 Å². The molecule has 1 unspecified atom stereocenters. The number of hydrogen-bond donors (Lipinski definition) is 2. The number of aryl methyl sites for hydroxylation is 2. The maximum atomic E-state index is 11.6. The lowest BCUT2D eigenvalue weighted by molar-refractivity contribution is 0.197. The van der Waals surface area contributed by atoms with E-state index < -0.39 is 0 Å². The van der Waals surface area contributed by atoms with Gasteiger partial charge >= 0.3 is 6.03 Å². The van der Waals surface area contributed by atoms with Crippen LogP contribution >= 0.6 is 0 Å². The number of urea groups is 1. The topological polar surface area (TPSA) is 79.4 Å². The molecule has 2 aliphatic rings. The van der Waals surface area contributed by atoms with Crippen LogP contribution in [0.25, 0.3) is 0 Å². The average molecular weight is 264 g/mol. The first-order valence-corrected chi connectivity index (χ1v) is 6.63. The molecule has 2 fully saturated rings. The molecular weight excluding hydrogens is 244 g/mol. The Morgan fingerprint density at radius 3 is 3.00 bits per heavy atom. The van der Waals surface area contributed by atoms with Gasteiger partial charge in [0, 0.05) is 45.3 Å². The molecule has 3 heterocycles. The molecule has 0 spiro atoms. The van der Waals surface area contributed by atoms with Gasteiger partial charge in [0.1, 0.15) is 5.82 Å². The summed E-state index contributed by atoms with van der Waals surface area (Å²) < 4.78 is 1.90. The number of anilines is 1. The number of hydrogen-bond acceptors (Lipinski definition) is 4. The van der Waals surface area contributed by atoms with E-state index >= 15 is 0 Å². The number of nitrogens with one attached hydrogen (secondary N) is 1. The normalized spacial score (nSPS) is 22.7. The highest BCUT2D eigenvalue weighted by atomic mass is 16.2. The van der Waals surface area contributed by atoms with Gasteiger partial charge < -0.3 is 20.9 Å². The number of aromatic nitrogens is 2. The van der Waals surface area contributed by atoms with Crippen molar-refractivity contribution in [3.63, 3.8) is 0 Å². The van der Waals surface area contributed by atoms with Gasteiger partial charge in [-0.05, 0) is 6.92 Å². The summed E-state index contributed by atoms with van der Waals surface area (Å²) in [6, 6.07) is 0.312. The molecule has 1 aromatic heterocycles. The molecule has 0 saturated carbocycles. The zero-order valence-corrected chi connectivity index (χ0v) is 11.4. The van der Waals surface area contributed by atoms with E-state index in [1.807, 2.05) is 23.6 Å². The van der Waals surface area contributed by atoms with Gasteiger partial charge in [0.15, 0.2) is 0 Å². The molecule has 0 aromatic carbocycles. The summed E-state index contributed by atoms with van der Waals surface area (Å²) in [6.45, 7) is 5.63. The van der Waals surface area contributed by atoms with Gasteiger partial charge in [0.2, 0.25) is 0 Å². The van der Waals surface area contributed by atoms with Crippen molar-refractivity contribution < 1.29 is 4.79 Å². The smallest absolute Gasteiger partial charge is 0.317 e. The molecule has 2 amide bonds. The third kappa shape index (κ3) is 1.85. The average Bonchev–Trinajstić information content (AvgIpc) is 2.89. The molecule has 3 rings (SSSR count). The highest BCUT2D eigenvalue weighted by Gasteiger charge is 2.36. The number of nitrogens with zero attached hydrogens (tertiary/aromatic N) is 4. The van der Waals surface area contributed by atoms with Gasteiger partial charge in [-0.25, -0.2) is 4.79 Å². The number of nitrogens with two attached hydrogens (primary N) is 1. The second-order valence-electron chi connectivity index (χ2n) is 5.19. The Morgan fingerprint density at radius 1 is 1.47 bits per heavy atom. The predicted molar refractivity (Wildman–Crippen MR) is 71.9 cm³/mol. The Morgan fingerprint density at radius 2 is 2.26 bits per heavy atom. The molecule has 7 nitrogen and oxygen atoms in total. The zero-order chi connectivity index (χ0) is 13.6. The number of carbonyl (C=O) groups is 1. The molecule has 104 valence electrons. The maximum Gasteiger partial charge on any atom is 0.317 e. The van der Waals surface area contributed by atoms with Gasteiger partial charge in [-0.3, -0.25) is 4.68 Å². The van der Waals surface area contributed by atoms with E-state index in [4.69, 9.17) is 5.73 Å². The lowest BCUT2D eigenvalue weighted by Gasteiger charge is -2.38. The van der Waals surface area contributed by atoms with Gasteiger partial charge in [0.05, 0.1) is 11.7 Å². The Labute approximate surface area is 112 Å². The van der Waals surface area contributed by atoms with E-state index in [2.05, 4.69) is 15.3 Å². The SMILES string of the molecule is Cc1nn(C)c(N2CCN3C(=O)NCC3C2)c1CN. The van der Waals surface area contributed by atoms with E-state index in [9.17, 15) is 4.79 Å². The van der Waals surface area contributed by atoms with Crippen LogP contribution in [0.15, 0.2) is 0 Å². The van der Waals surface area contributed by atoms with Gasteiger partial charge in [0.25, 0.3) is 0 Å². The standard InChI is InChI=1S/C12H20N6O/c1-8-10(5-13)11(16(2)15-8)17-3-4-18-9(7-17)6-14-12(18)19/h9H,3-7,13H2,1-2H3,(H,14,19). The summed E-state index contributed by atoms with van der Waals surface area (Å²) in [5.41, 5.74) is 7.94. The van der Waals surface area contributed by atoms with Crippen LogP contribution in [0.2, 0.25) is 0 Å². The first-order valence-electron chi connectivity index (χ1n) is 6.63. The van der Waals surface area contributed by atoms with Gasteiger partial charge in [-0.15, -0.1) is 0 Å². The second kappa shape index (κ2) is 4.41. The number of piperazine rings is 1. The lowest BCUT2D eigenvalue weighted by atomic mass is 10.1. The Balaban J connectivity index is 1.86. The van der Waals surface area contributed by atoms with E-state index in [1.165, 1.54) is 0 Å². The summed E-state index contributed by atoms with van der Waals surface area (Å²) in [6.07, 6.45) is 0. The molecule has 0 radical (unpaired) electrons. The minimum Gasteiger partial charge on any atom is -0.353 e. The molecular formula is C12H20N6O. The molecule has 2 aliphatic heterocycles. The van der Waals surface area contributed by atoms with E-state index in [-0.39, 0.29) is 12.1 Å². The lowest BCUT2D eigenvalue weighted by Crippen LogP contribution is -2.52. The minimum absolute atomic E-state index is 0.0601. The highest BCUT2D eigenvalue weighted by molar-refractivity contribution is 5.77. The molecule has 1 aromatic rings. The second-order valence-corrected chi connectivity index (χ2v) is 5.19. The number of rotatable bonds is 2. The van der Waals surface area contributed by atoms with Gasteiger partial charge in [-0.1, -0.05) is 0 Å². The van der Waals surface area contributed by atoms with Crippen LogP contribution in [-0.2, 0) is 13.6 Å². The molecule has 3 N–H and O–H groups in total. The van der Waals surface area contributed by atoms with Crippen LogP contribution < -0.4 is 16.0 Å². The van der Waals surface area contributed by atoms with Crippen LogP contribution in [0.5, 0.6) is 0 Å². The highest BCUT2D eigenvalue weighted by Crippen LogP contribution is 2.26. The van der Waals surface area contributed by atoms with Crippen LogP contribution in [0, 0.1) is 6.92 Å². The van der Waals surface area contributed by atoms with E-state index in [0.29, 0.717) is 6.54 Å².